The van der Waals surface area contributed by atoms with Gasteiger partial charge in [-0.25, -0.2) is 0 Å². The Morgan fingerprint density at radius 2 is 1.68 bits per heavy atom. The molecule has 0 aromatic carbocycles. The average Bonchev–Trinajstić information content (AvgIpc) is 2.76. The van der Waals surface area contributed by atoms with Gasteiger partial charge >= 0.3 is 0 Å². The normalized spacial score (nSPS) is 47.0. The number of fused-ring (bicyclic) bond motifs is 2. The monoisotopic (exact) mass is 300 g/mol. The van der Waals surface area contributed by atoms with Gasteiger partial charge in [0.2, 0.25) is 0 Å². The van der Waals surface area contributed by atoms with E-state index in [1.807, 2.05) is 0 Å². The molecule has 0 amide bonds. The summed E-state index contributed by atoms with van der Waals surface area (Å²) >= 11 is 0. The van der Waals surface area contributed by atoms with Crippen molar-refractivity contribution in [1.29, 1.82) is 0 Å². The van der Waals surface area contributed by atoms with E-state index in [2.05, 4.69) is 27.7 Å². The zero-order valence-electron chi connectivity index (χ0n) is 14.9. The molecule has 3 fully saturated rings. The number of ketones is 1. The van der Waals surface area contributed by atoms with Crippen LogP contribution in [0, 0.1) is 28.1 Å². The SMILES string of the molecule is CC1=C2CCC(=O)[C@@]23CC[C@H]2C(C)(C)CCC[C@]2(C)[C@H]3CC1. The first kappa shape index (κ1) is 15.0. The van der Waals surface area contributed by atoms with Crippen molar-refractivity contribution in [2.75, 3.05) is 0 Å². The van der Waals surface area contributed by atoms with E-state index in [0.29, 0.717) is 22.5 Å². The van der Waals surface area contributed by atoms with Crippen molar-refractivity contribution >= 4 is 5.78 Å². The van der Waals surface area contributed by atoms with Crippen molar-refractivity contribution in [3.8, 4) is 0 Å². The number of allylic oxidation sites excluding steroid dienone is 2. The molecule has 1 spiro atoms. The van der Waals surface area contributed by atoms with Gasteiger partial charge in [0.25, 0.3) is 0 Å². The van der Waals surface area contributed by atoms with Crippen LogP contribution in [0.25, 0.3) is 0 Å². The summed E-state index contributed by atoms with van der Waals surface area (Å²) in [6.07, 6.45) is 10.9. The van der Waals surface area contributed by atoms with Gasteiger partial charge < -0.3 is 0 Å². The van der Waals surface area contributed by atoms with Gasteiger partial charge in [-0.15, -0.1) is 0 Å². The van der Waals surface area contributed by atoms with E-state index in [1.165, 1.54) is 38.5 Å². The fraction of sp³-hybridized carbons (Fsp3) is 0.857. The number of Topliss-reactive ketones (excluding diaryl/α,β-unsaturated/α-hetero) is 1. The summed E-state index contributed by atoms with van der Waals surface area (Å²) in [7, 11) is 0. The smallest absolute Gasteiger partial charge is 0.143 e. The summed E-state index contributed by atoms with van der Waals surface area (Å²) in [5.74, 6) is 2.05. The van der Waals surface area contributed by atoms with Crippen molar-refractivity contribution in [2.24, 2.45) is 28.1 Å². The van der Waals surface area contributed by atoms with Gasteiger partial charge in [0.1, 0.15) is 5.78 Å². The van der Waals surface area contributed by atoms with Crippen LogP contribution >= 0.6 is 0 Å². The van der Waals surface area contributed by atoms with Gasteiger partial charge in [-0.2, -0.15) is 0 Å². The van der Waals surface area contributed by atoms with Crippen molar-refractivity contribution in [3.63, 3.8) is 0 Å². The molecule has 0 N–H and O–H groups in total. The number of hydrogen-bond acceptors (Lipinski definition) is 1. The van der Waals surface area contributed by atoms with Gasteiger partial charge in [0, 0.05) is 6.42 Å². The number of carbonyl (C=O) groups is 1. The lowest BCUT2D eigenvalue weighted by atomic mass is 9.40. The number of hydrogen-bond donors (Lipinski definition) is 0. The largest absolute Gasteiger partial charge is 0.299 e. The summed E-state index contributed by atoms with van der Waals surface area (Å²) in [4.78, 5) is 13.1. The third kappa shape index (κ3) is 1.64. The predicted molar refractivity (Wildman–Crippen MR) is 90.6 cm³/mol. The molecule has 122 valence electrons. The fourth-order valence-corrected chi connectivity index (χ4v) is 7.64. The lowest BCUT2D eigenvalue weighted by Crippen LogP contribution is -2.58. The van der Waals surface area contributed by atoms with Crippen LogP contribution in [0.2, 0.25) is 0 Å². The molecule has 22 heavy (non-hydrogen) atoms. The molecule has 0 aromatic rings. The Hall–Kier alpha value is -0.590. The molecule has 4 rings (SSSR count). The maximum Gasteiger partial charge on any atom is 0.143 e. The molecule has 4 aliphatic rings. The van der Waals surface area contributed by atoms with Crippen LogP contribution in [0.3, 0.4) is 0 Å². The first-order valence-corrected chi connectivity index (χ1v) is 9.55. The Morgan fingerprint density at radius 3 is 2.45 bits per heavy atom. The van der Waals surface area contributed by atoms with Crippen LogP contribution in [-0.4, -0.2) is 5.78 Å². The molecule has 0 unspecified atom stereocenters. The lowest BCUT2D eigenvalue weighted by Gasteiger charge is -2.63. The summed E-state index contributed by atoms with van der Waals surface area (Å²) in [5, 5.41) is 0. The van der Waals surface area contributed by atoms with E-state index in [4.69, 9.17) is 0 Å². The van der Waals surface area contributed by atoms with E-state index in [1.54, 1.807) is 11.1 Å². The van der Waals surface area contributed by atoms with E-state index >= 15 is 0 Å². The molecule has 0 bridgehead atoms. The molecule has 1 nitrogen and oxygen atoms in total. The van der Waals surface area contributed by atoms with Gasteiger partial charge in [0.15, 0.2) is 0 Å². The summed E-state index contributed by atoms with van der Waals surface area (Å²) < 4.78 is 0. The third-order valence-electron chi connectivity index (χ3n) is 8.46. The zero-order valence-corrected chi connectivity index (χ0v) is 14.9. The summed E-state index contributed by atoms with van der Waals surface area (Å²) in [6, 6.07) is 0. The van der Waals surface area contributed by atoms with Crippen LogP contribution in [0.4, 0.5) is 0 Å². The van der Waals surface area contributed by atoms with Gasteiger partial charge in [-0.05, 0) is 74.5 Å². The second kappa shape index (κ2) is 4.48. The van der Waals surface area contributed by atoms with Crippen LogP contribution < -0.4 is 0 Å². The molecule has 3 saturated carbocycles. The zero-order chi connectivity index (χ0) is 15.8. The van der Waals surface area contributed by atoms with E-state index in [-0.39, 0.29) is 5.41 Å². The molecule has 1 heteroatoms. The van der Waals surface area contributed by atoms with Crippen molar-refractivity contribution in [3.05, 3.63) is 11.1 Å². The van der Waals surface area contributed by atoms with Gasteiger partial charge in [0.05, 0.1) is 5.41 Å². The molecule has 0 radical (unpaired) electrons. The second-order valence-corrected chi connectivity index (χ2v) is 9.68. The summed E-state index contributed by atoms with van der Waals surface area (Å²) in [6.45, 7) is 9.86. The van der Waals surface area contributed by atoms with Crippen LogP contribution in [0.5, 0.6) is 0 Å². The topological polar surface area (TPSA) is 17.1 Å². The average molecular weight is 300 g/mol. The van der Waals surface area contributed by atoms with E-state index in [0.717, 1.165) is 25.2 Å². The quantitative estimate of drug-likeness (QED) is 0.525. The highest BCUT2D eigenvalue weighted by Crippen LogP contribution is 2.70. The highest BCUT2D eigenvalue weighted by molar-refractivity contribution is 5.92. The molecule has 0 heterocycles. The molecule has 0 saturated heterocycles. The molecule has 0 aliphatic heterocycles. The number of rotatable bonds is 0. The Kier molecular flexibility index (Phi) is 3.05. The van der Waals surface area contributed by atoms with Crippen LogP contribution in [0.1, 0.15) is 85.5 Å². The standard InChI is InChI=1S/C21H32O/c1-14-6-8-17-20(4)12-5-11-19(2,3)16(20)10-13-21(17)15(14)7-9-18(21)22/h16-17H,5-13H2,1-4H3/t16-,17+,20-,21-/m0/s1. The molecule has 0 aromatic heterocycles. The van der Waals surface area contributed by atoms with E-state index < -0.39 is 0 Å². The minimum absolute atomic E-state index is 0.0268. The van der Waals surface area contributed by atoms with Crippen LogP contribution in [-0.2, 0) is 4.79 Å². The number of carbonyl (C=O) groups excluding carboxylic acids is 1. The summed E-state index contributed by atoms with van der Waals surface area (Å²) in [5.41, 5.74) is 4.00. The highest BCUT2D eigenvalue weighted by atomic mass is 16.1. The van der Waals surface area contributed by atoms with Crippen molar-refractivity contribution in [2.45, 2.75) is 85.5 Å². The second-order valence-electron chi connectivity index (χ2n) is 9.68. The highest BCUT2D eigenvalue weighted by Gasteiger charge is 2.64. The van der Waals surface area contributed by atoms with Crippen molar-refractivity contribution < 1.29 is 4.79 Å². The Bertz CT molecular complexity index is 554. The fourth-order valence-electron chi connectivity index (χ4n) is 7.64. The van der Waals surface area contributed by atoms with E-state index in [9.17, 15) is 4.79 Å². The molecular formula is C21H32O. The Balaban J connectivity index is 1.84. The molecular weight excluding hydrogens is 268 g/mol. The van der Waals surface area contributed by atoms with Crippen LogP contribution in [0.15, 0.2) is 11.1 Å². The minimum atomic E-state index is -0.0268. The molecule has 4 atom stereocenters. The third-order valence-corrected chi connectivity index (χ3v) is 8.46. The lowest BCUT2D eigenvalue weighted by molar-refractivity contribution is -0.152. The van der Waals surface area contributed by atoms with Gasteiger partial charge in [-0.3, -0.25) is 4.79 Å². The first-order valence-electron chi connectivity index (χ1n) is 9.55. The Labute approximate surface area is 135 Å². The minimum Gasteiger partial charge on any atom is -0.299 e. The predicted octanol–water partition coefficient (Wildman–Crippen LogP) is 5.69. The molecule has 4 aliphatic carbocycles. The van der Waals surface area contributed by atoms with Crippen molar-refractivity contribution in [1.82, 2.24) is 0 Å². The Morgan fingerprint density at radius 1 is 0.909 bits per heavy atom. The maximum absolute atomic E-state index is 13.1. The maximum atomic E-state index is 13.1. The van der Waals surface area contributed by atoms with Gasteiger partial charge in [-0.1, -0.05) is 38.3 Å². The first-order chi connectivity index (χ1) is 10.3.